The lowest BCUT2D eigenvalue weighted by atomic mass is 10.1. The maximum absolute atomic E-state index is 11.5. The van der Waals surface area contributed by atoms with Crippen LogP contribution in [0.4, 0.5) is 0 Å². The van der Waals surface area contributed by atoms with E-state index in [0.29, 0.717) is 38.4 Å². The van der Waals surface area contributed by atoms with Gasteiger partial charge in [-0.1, -0.05) is 52.9 Å². The number of carbonyl (C=O) groups excluding carboxylic acids is 2. The summed E-state index contributed by atoms with van der Waals surface area (Å²) in [6, 6.07) is 0. The molecule has 0 aliphatic rings. The predicted molar refractivity (Wildman–Crippen MR) is 88.6 cm³/mol. The number of hydrogen-bond acceptors (Lipinski definition) is 4. The van der Waals surface area contributed by atoms with Crippen LogP contribution in [-0.4, -0.2) is 25.2 Å². The molecule has 4 nitrogen and oxygen atoms in total. The first-order chi connectivity index (χ1) is 10.6. The molecule has 0 fully saturated rings. The Morgan fingerprint density at radius 1 is 0.818 bits per heavy atom. The molecule has 0 amide bonds. The van der Waals surface area contributed by atoms with Crippen LogP contribution in [0.5, 0.6) is 0 Å². The van der Waals surface area contributed by atoms with E-state index in [0.717, 1.165) is 25.7 Å². The molecule has 1 atom stereocenters. The molecule has 0 spiro atoms. The maximum Gasteiger partial charge on any atom is 0.305 e. The van der Waals surface area contributed by atoms with Crippen molar-refractivity contribution >= 4 is 11.9 Å². The van der Waals surface area contributed by atoms with Gasteiger partial charge in [-0.15, -0.1) is 0 Å². The van der Waals surface area contributed by atoms with Gasteiger partial charge in [-0.2, -0.15) is 0 Å². The molecule has 0 radical (unpaired) electrons. The van der Waals surface area contributed by atoms with Crippen LogP contribution in [0, 0.1) is 5.92 Å². The average Bonchev–Trinajstić information content (AvgIpc) is 2.50. The fourth-order valence-corrected chi connectivity index (χ4v) is 1.99. The molecular weight excluding hydrogens is 280 g/mol. The second-order valence-corrected chi connectivity index (χ2v) is 6.01. The first-order valence-electron chi connectivity index (χ1n) is 8.91. The Morgan fingerprint density at radius 2 is 1.41 bits per heavy atom. The zero-order valence-corrected chi connectivity index (χ0v) is 14.7. The van der Waals surface area contributed by atoms with Crippen molar-refractivity contribution in [3.05, 3.63) is 0 Å². The molecule has 0 saturated heterocycles. The van der Waals surface area contributed by atoms with Crippen molar-refractivity contribution in [2.24, 2.45) is 5.92 Å². The Balaban J connectivity index is 3.41. The van der Waals surface area contributed by atoms with Gasteiger partial charge >= 0.3 is 11.9 Å². The lowest BCUT2D eigenvalue weighted by Crippen LogP contribution is -2.10. The highest BCUT2D eigenvalue weighted by molar-refractivity contribution is 5.72. The Labute approximate surface area is 135 Å². The quantitative estimate of drug-likeness (QED) is 0.346. The van der Waals surface area contributed by atoms with Crippen molar-refractivity contribution in [1.29, 1.82) is 0 Å². The summed E-state index contributed by atoms with van der Waals surface area (Å²) in [6.45, 7) is 7.43. The third-order valence-electron chi connectivity index (χ3n) is 3.84. The van der Waals surface area contributed by atoms with Gasteiger partial charge in [0.15, 0.2) is 0 Å². The topological polar surface area (TPSA) is 52.6 Å². The van der Waals surface area contributed by atoms with E-state index in [4.69, 9.17) is 9.47 Å². The van der Waals surface area contributed by atoms with E-state index in [1.165, 1.54) is 19.3 Å². The van der Waals surface area contributed by atoms with Crippen molar-refractivity contribution in [2.45, 2.75) is 85.0 Å². The third-order valence-corrected chi connectivity index (χ3v) is 3.84. The molecule has 0 aromatic heterocycles. The van der Waals surface area contributed by atoms with Crippen molar-refractivity contribution in [3.8, 4) is 0 Å². The van der Waals surface area contributed by atoms with Crippen LogP contribution in [0.3, 0.4) is 0 Å². The van der Waals surface area contributed by atoms with E-state index < -0.39 is 0 Å². The molecule has 4 heteroatoms. The molecule has 0 aliphatic heterocycles. The van der Waals surface area contributed by atoms with Gasteiger partial charge in [0.25, 0.3) is 0 Å². The second kappa shape index (κ2) is 14.9. The van der Waals surface area contributed by atoms with Gasteiger partial charge in [0.1, 0.15) is 0 Å². The highest BCUT2D eigenvalue weighted by atomic mass is 16.5. The summed E-state index contributed by atoms with van der Waals surface area (Å²) in [6.07, 6.45) is 8.83. The van der Waals surface area contributed by atoms with E-state index in [1.807, 2.05) is 0 Å². The number of rotatable bonds is 14. The van der Waals surface area contributed by atoms with Crippen LogP contribution in [-0.2, 0) is 19.1 Å². The van der Waals surface area contributed by atoms with Crippen LogP contribution in [0.25, 0.3) is 0 Å². The van der Waals surface area contributed by atoms with Crippen molar-refractivity contribution in [2.75, 3.05) is 13.2 Å². The first-order valence-corrected chi connectivity index (χ1v) is 8.91. The number of esters is 2. The van der Waals surface area contributed by atoms with Gasteiger partial charge in [-0.05, 0) is 25.2 Å². The van der Waals surface area contributed by atoms with E-state index in [2.05, 4.69) is 20.8 Å². The van der Waals surface area contributed by atoms with Gasteiger partial charge < -0.3 is 9.47 Å². The minimum atomic E-state index is -0.212. The number of carbonyl (C=O) groups is 2. The smallest absolute Gasteiger partial charge is 0.305 e. The molecule has 130 valence electrons. The van der Waals surface area contributed by atoms with Gasteiger partial charge in [0, 0.05) is 12.8 Å². The Hall–Kier alpha value is -1.06. The minimum Gasteiger partial charge on any atom is -0.466 e. The molecule has 0 aliphatic carbocycles. The zero-order valence-electron chi connectivity index (χ0n) is 14.7. The fraction of sp³-hybridized carbons (Fsp3) is 0.889. The van der Waals surface area contributed by atoms with Gasteiger partial charge in [0.05, 0.1) is 13.2 Å². The first kappa shape index (κ1) is 20.9. The summed E-state index contributed by atoms with van der Waals surface area (Å²) in [5.41, 5.74) is 0. The zero-order chi connectivity index (χ0) is 16.6. The molecule has 0 aromatic carbocycles. The van der Waals surface area contributed by atoms with Crippen LogP contribution in [0.2, 0.25) is 0 Å². The van der Waals surface area contributed by atoms with E-state index in [1.54, 1.807) is 0 Å². The highest BCUT2D eigenvalue weighted by Crippen LogP contribution is 2.07. The average molecular weight is 314 g/mol. The summed E-state index contributed by atoms with van der Waals surface area (Å²) in [7, 11) is 0. The van der Waals surface area contributed by atoms with Gasteiger partial charge in [-0.25, -0.2) is 0 Å². The number of hydrogen-bond donors (Lipinski definition) is 0. The predicted octanol–water partition coefficient (Wildman–Crippen LogP) is 4.65. The monoisotopic (exact) mass is 314 g/mol. The number of ether oxygens (including phenoxy) is 2. The normalized spacial score (nSPS) is 12.0. The van der Waals surface area contributed by atoms with E-state index >= 15 is 0 Å². The molecule has 0 bridgehead atoms. The van der Waals surface area contributed by atoms with Crippen LogP contribution in [0.15, 0.2) is 0 Å². The second-order valence-electron chi connectivity index (χ2n) is 6.01. The maximum atomic E-state index is 11.5. The van der Waals surface area contributed by atoms with Crippen molar-refractivity contribution in [1.82, 2.24) is 0 Å². The molecule has 22 heavy (non-hydrogen) atoms. The Morgan fingerprint density at radius 3 is 2.00 bits per heavy atom. The van der Waals surface area contributed by atoms with Crippen molar-refractivity contribution in [3.63, 3.8) is 0 Å². The third kappa shape index (κ3) is 13.9. The summed E-state index contributed by atoms with van der Waals surface area (Å²) in [5, 5.41) is 0. The van der Waals surface area contributed by atoms with Crippen LogP contribution >= 0.6 is 0 Å². The molecule has 0 aromatic rings. The van der Waals surface area contributed by atoms with E-state index in [-0.39, 0.29) is 11.9 Å². The largest absolute Gasteiger partial charge is 0.466 e. The number of unbranched alkanes of at least 4 members (excludes halogenated alkanes) is 4. The van der Waals surface area contributed by atoms with Crippen LogP contribution in [0.1, 0.15) is 85.0 Å². The standard InChI is InChI=1S/C18H34O4/c1-4-6-7-8-9-14-21-17(19)11-10-12-18(20)22-15-13-16(3)5-2/h16H,4-15H2,1-3H3. The fourth-order valence-electron chi connectivity index (χ4n) is 1.99. The molecule has 0 heterocycles. The van der Waals surface area contributed by atoms with Gasteiger partial charge in [0.2, 0.25) is 0 Å². The molecule has 0 rings (SSSR count). The van der Waals surface area contributed by atoms with Gasteiger partial charge in [-0.3, -0.25) is 9.59 Å². The lowest BCUT2D eigenvalue weighted by Gasteiger charge is -2.09. The van der Waals surface area contributed by atoms with E-state index in [9.17, 15) is 9.59 Å². The molecular formula is C18H34O4. The summed E-state index contributed by atoms with van der Waals surface area (Å²) in [5.74, 6) is 0.165. The minimum absolute atomic E-state index is 0.206. The van der Waals surface area contributed by atoms with Crippen molar-refractivity contribution < 1.29 is 19.1 Å². The highest BCUT2D eigenvalue weighted by Gasteiger charge is 2.08. The lowest BCUT2D eigenvalue weighted by molar-refractivity contribution is -0.145. The Kier molecular flexibility index (Phi) is 14.1. The molecule has 1 unspecified atom stereocenters. The Bertz CT molecular complexity index is 289. The summed E-state index contributed by atoms with van der Waals surface area (Å²) in [4.78, 5) is 23.0. The summed E-state index contributed by atoms with van der Waals surface area (Å²) >= 11 is 0. The molecule has 0 N–H and O–H groups in total. The van der Waals surface area contributed by atoms with Crippen LogP contribution < -0.4 is 0 Å². The molecule has 0 saturated carbocycles. The SMILES string of the molecule is CCCCCCCOC(=O)CCCC(=O)OCCC(C)CC. The summed E-state index contributed by atoms with van der Waals surface area (Å²) < 4.78 is 10.3.